The molecule has 8 nitrogen and oxygen atoms in total. The molecular formula is C16H20N4O4. The number of rotatable bonds is 6. The SMILES string of the molecule is CC[C@H](C)NC(=O)c1cc(Oc2ccc([N+](=O)[O-])c(C)c2)n(C)n1. The number of hydrogen-bond donors (Lipinski definition) is 1. The van der Waals surface area contributed by atoms with Crippen molar-refractivity contribution in [3.63, 3.8) is 0 Å². The van der Waals surface area contributed by atoms with Gasteiger partial charge in [-0.15, -0.1) is 0 Å². The summed E-state index contributed by atoms with van der Waals surface area (Å²) in [6.07, 6.45) is 0.823. The highest BCUT2D eigenvalue weighted by atomic mass is 16.6. The molecule has 0 bridgehead atoms. The summed E-state index contributed by atoms with van der Waals surface area (Å²) in [4.78, 5) is 22.5. The fourth-order valence-corrected chi connectivity index (χ4v) is 2.07. The minimum Gasteiger partial charge on any atom is -0.439 e. The molecule has 0 aliphatic rings. The lowest BCUT2D eigenvalue weighted by molar-refractivity contribution is -0.385. The van der Waals surface area contributed by atoms with Gasteiger partial charge in [0.2, 0.25) is 5.88 Å². The fourth-order valence-electron chi connectivity index (χ4n) is 2.07. The Balaban J connectivity index is 2.18. The number of nitro groups is 1. The average Bonchev–Trinajstić information content (AvgIpc) is 2.88. The predicted octanol–water partition coefficient (Wildman–Crippen LogP) is 2.96. The van der Waals surface area contributed by atoms with Crippen LogP contribution >= 0.6 is 0 Å². The van der Waals surface area contributed by atoms with E-state index in [2.05, 4.69) is 10.4 Å². The number of aromatic nitrogens is 2. The van der Waals surface area contributed by atoms with E-state index in [-0.39, 0.29) is 23.3 Å². The van der Waals surface area contributed by atoms with Crippen LogP contribution in [0, 0.1) is 17.0 Å². The van der Waals surface area contributed by atoms with Gasteiger partial charge in [-0.1, -0.05) is 6.92 Å². The molecule has 0 radical (unpaired) electrons. The molecule has 2 aromatic rings. The summed E-state index contributed by atoms with van der Waals surface area (Å²) >= 11 is 0. The van der Waals surface area contributed by atoms with Crippen molar-refractivity contribution in [3.05, 3.63) is 45.6 Å². The molecule has 1 amide bonds. The van der Waals surface area contributed by atoms with Crippen LogP contribution in [-0.2, 0) is 7.05 Å². The Bertz CT molecular complexity index is 769. The van der Waals surface area contributed by atoms with Gasteiger partial charge in [-0.25, -0.2) is 4.68 Å². The molecule has 0 aliphatic carbocycles. The van der Waals surface area contributed by atoms with Gasteiger partial charge in [0.1, 0.15) is 5.75 Å². The fraction of sp³-hybridized carbons (Fsp3) is 0.375. The predicted molar refractivity (Wildman–Crippen MR) is 88.3 cm³/mol. The summed E-state index contributed by atoms with van der Waals surface area (Å²) in [6.45, 7) is 5.53. The summed E-state index contributed by atoms with van der Waals surface area (Å²) < 4.78 is 7.13. The van der Waals surface area contributed by atoms with E-state index < -0.39 is 4.92 Å². The van der Waals surface area contributed by atoms with Crippen molar-refractivity contribution in [1.82, 2.24) is 15.1 Å². The van der Waals surface area contributed by atoms with Crippen LogP contribution in [0.5, 0.6) is 11.6 Å². The molecular weight excluding hydrogens is 312 g/mol. The van der Waals surface area contributed by atoms with Crippen LogP contribution in [0.1, 0.15) is 36.3 Å². The third kappa shape index (κ3) is 3.89. The summed E-state index contributed by atoms with van der Waals surface area (Å²) in [5.41, 5.74) is 0.779. The number of nitro benzene ring substituents is 1. The van der Waals surface area contributed by atoms with Gasteiger partial charge in [0.15, 0.2) is 5.69 Å². The first kappa shape index (κ1) is 17.5. The molecule has 0 saturated carbocycles. The smallest absolute Gasteiger partial charge is 0.272 e. The highest BCUT2D eigenvalue weighted by molar-refractivity contribution is 5.92. The maximum Gasteiger partial charge on any atom is 0.272 e. The topological polar surface area (TPSA) is 99.3 Å². The van der Waals surface area contributed by atoms with Crippen LogP contribution in [0.2, 0.25) is 0 Å². The lowest BCUT2D eigenvalue weighted by Gasteiger charge is -2.08. The first-order valence-corrected chi connectivity index (χ1v) is 7.59. The Morgan fingerprint density at radius 2 is 2.17 bits per heavy atom. The van der Waals surface area contributed by atoms with Gasteiger partial charge in [0, 0.05) is 30.8 Å². The van der Waals surface area contributed by atoms with E-state index in [4.69, 9.17) is 4.74 Å². The summed E-state index contributed by atoms with van der Waals surface area (Å²) in [7, 11) is 1.66. The van der Waals surface area contributed by atoms with Crippen molar-refractivity contribution in [3.8, 4) is 11.6 Å². The van der Waals surface area contributed by atoms with Crippen molar-refractivity contribution in [2.24, 2.45) is 7.05 Å². The van der Waals surface area contributed by atoms with Crippen LogP contribution in [0.4, 0.5) is 5.69 Å². The van der Waals surface area contributed by atoms with Gasteiger partial charge >= 0.3 is 0 Å². The monoisotopic (exact) mass is 332 g/mol. The first-order chi connectivity index (χ1) is 11.3. The molecule has 0 unspecified atom stereocenters. The maximum absolute atomic E-state index is 12.1. The Hall–Kier alpha value is -2.90. The number of carbonyl (C=O) groups is 1. The number of nitrogens with one attached hydrogen (secondary N) is 1. The molecule has 1 aromatic carbocycles. The van der Waals surface area contributed by atoms with E-state index in [0.717, 1.165) is 6.42 Å². The third-order valence-corrected chi connectivity index (χ3v) is 3.65. The Morgan fingerprint density at radius 3 is 2.75 bits per heavy atom. The number of nitrogens with zero attached hydrogens (tertiary/aromatic N) is 3. The van der Waals surface area contributed by atoms with Gasteiger partial charge < -0.3 is 10.1 Å². The molecule has 1 N–H and O–H groups in total. The molecule has 0 aliphatic heterocycles. The molecule has 0 spiro atoms. The normalized spacial score (nSPS) is 11.8. The third-order valence-electron chi connectivity index (χ3n) is 3.65. The van der Waals surface area contributed by atoms with Gasteiger partial charge in [0.05, 0.1) is 4.92 Å². The quantitative estimate of drug-likeness (QED) is 0.647. The zero-order valence-corrected chi connectivity index (χ0v) is 14.1. The lowest BCUT2D eigenvalue weighted by Crippen LogP contribution is -2.32. The molecule has 128 valence electrons. The van der Waals surface area contributed by atoms with E-state index in [1.54, 1.807) is 20.0 Å². The van der Waals surface area contributed by atoms with Crippen LogP contribution in [-0.4, -0.2) is 26.7 Å². The number of benzene rings is 1. The van der Waals surface area contributed by atoms with Crippen molar-refractivity contribution < 1.29 is 14.5 Å². The van der Waals surface area contributed by atoms with Crippen molar-refractivity contribution in [1.29, 1.82) is 0 Å². The first-order valence-electron chi connectivity index (χ1n) is 7.59. The van der Waals surface area contributed by atoms with E-state index in [1.165, 1.54) is 22.9 Å². The molecule has 2 rings (SSSR count). The van der Waals surface area contributed by atoms with E-state index in [1.807, 2.05) is 13.8 Å². The van der Waals surface area contributed by atoms with Crippen LogP contribution in [0.3, 0.4) is 0 Å². The van der Waals surface area contributed by atoms with Crippen molar-refractivity contribution >= 4 is 11.6 Å². The molecule has 24 heavy (non-hydrogen) atoms. The number of ether oxygens (including phenoxy) is 1. The minimum atomic E-state index is -0.444. The van der Waals surface area contributed by atoms with E-state index in [0.29, 0.717) is 17.2 Å². The van der Waals surface area contributed by atoms with E-state index in [9.17, 15) is 14.9 Å². The van der Waals surface area contributed by atoms with Gasteiger partial charge in [-0.2, -0.15) is 5.10 Å². The molecule has 8 heteroatoms. The molecule has 1 aromatic heterocycles. The lowest BCUT2D eigenvalue weighted by atomic mass is 10.2. The molecule has 0 saturated heterocycles. The van der Waals surface area contributed by atoms with Crippen LogP contribution in [0.15, 0.2) is 24.3 Å². The molecule has 0 fully saturated rings. The zero-order chi connectivity index (χ0) is 17.9. The van der Waals surface area contributed by atoms with E-state index >= 15 is 0 Å². The van der Waals surface area contributed by atoms with Crippen LogP contribution in [0.25, 0.3) is 0 Å². The number of amides is 1. The second-order valence-electron chi connectivity index (χ2n) is 5.58. The van der Waals surface area contributed by atoms with Crippen molar-refractivity contribution in [2.75, 3.05) is 0 Å². The molecule has 1 atom stereocenters. The Morgan fingerprint density at radius 1 is 1.46 bits per heavy atom. The summed E-state index contributed by atoms with van der Waals surface area (Å²) in [6, 6.07) is 6.06. The number of hydrogen-bond acceptors (Lipinski definition) is 5. The summed E-state index contributed by atoms with van der Waals surface area (Å²) in [5, 5.41) is 17.8. The summed E-state index contributed by atoms with van der Waals surface area (Å²) in [5.74, 6) is 0.544. The number of aryl methyl sites for hydroxylation is 2. The minimum absolute atomic E-state index is 0.0287. The van der Waals surface area contributed by atoms with Crippen LogP contribution < -0.4 is 10.1 Å². The maximum atomic E-state index is 12.1. The van der Waals surface area contributed by atoms with Gasteiger partial charge in [-0.05, 0) is 32.4 Å². The molecule has 1 heterocycles. The zero-order valence-electron chi connectivity index (χ0n) is 14.1. The second kappa shape index (κ2) is 7.12. The van der Waals surface area contributed by atoms with Gasteiger partial charge in [0.25, 0.3) is 11.6 Å². The largest absolute Gasteiger partial charge is 0.439 e. The standard InChI is InChI=1S/C16H20N4O4/c1-5-11(3)17-16(21)13-9-15(19(4)18-13)24-12-6-7-14(20(22)23)10(2)8-12/h6-9,11H,5H2,1-4H3,(H,17,21)/t11-/m0/s1. The van der Waals surface area contributed by atoms with Crippen molar-refractivity contribution in [2.45, 2.75) is 33.2 Å². The highest BCUT2D eigenvalue weighted by Gasteiger charge is 2.16. The van der Waals surface area contributed by atoms with Gasteiger partial charge in [-0.3, -0.25) is 14.9 Å². The number of carbonyl (C=O) groups excluding carboxylic acids is 1. The highest BCUT2D eigenvalue weighted by Crippen LogP contribution is 2.27. The second-order valence-corrected chi connectivity index (χ2v) is 5.58. The Kier molecular flexibility index (Phi) is 5.18. The average molecular weight is 332 g/mol. The Labute approximate surface area is 139 Å².